The van der Waals surface area contributed by atoms with Crippen molar-refractivity contribution in [1.29, 1.82) is 0 Å². The molecular weight excluding hydrogens is 313 g/mol. The zero-order valence-electron chi connectivity index (χ0n) is 12.1. The minimum absolute atomic E-state index is 0.00722. The van der Waals surface area contributed by atoms with E-state index >= 15 is 0 Å². The van der Waals surface area contributed by atoms with Crippen LogP contribution in [0.25, 0.3) is 0 Å². The molecule has 0 aliphatic carbocycles. The largest absolute Gasteiger partial charge is 0.472 e. The van der Waals surface area contributed by atoms with Gasteiger partial charge in [-0.15, -0.1) is 11.8 Å². The molecule has 0 aliphatic rings. The predicted molar refractivity (Wildman–Crippen MR) is 81.3 cm³/mol. The number of halogens is 3. The first-order valence-corrected chi connectivity index (χ1v) is 7.68. The Hall–Kier alpha value is -1.89. The molecule has 22 heavy (non-hydrogen) atoms. The first-order chi connectivity index (χ1) is 10.5. The molecule has 118 valence electrons. The molecule has 1 heterocycles. The number of benzene rings is 1. The molecule has 0 bridgehead atoms. The highest BCUT2D eigenvalue weighted by molar-refractivity contribution is 7.98. The summed E-state index contributed by atoms with van der Waals surface area (Å²) >= 11 is 1.51. The van der Waals surface area contributed by atoms with Gasteiger partial charge in [-0.05, 0) is 30.5 Å². The second-order valence-electron chi connectivity index (χ2n) is 4.38. The molecule has 0 amide bonds. The molecule has 0 spiro atoms. The second kappa shape index (κ2) is 6.91. The molecule has 1 aromatic carbocycles. The van der Waals surface area contributed by atoms with Gasteiger partial charge in [0.1, 0.15) is 12.2 Å². The lowest BCUT2D eigenvalue weighted by molar-refractivity contribution is -0.139. The molecule has 0 saturated heterocycles. The fourth-order valence-electron chi connectivity index (χ4n) is 2.00. The molecule has 0 unspecified atom stereocenters. The van der Waals surface area contributed by atoms with Gasteiger partial charge < -0.3 is 10.1 Å². The Bertz CT molecular complexity index is 625. The van der Waals surface area contributed by atoms with Crippen molar-refractivity contribution in [3.63, 3.8) is 0 Å². The SMILES string of the molecule is CNc1cccc(SC)c1COc1ncccc1C(F)(F)F. The summed E-state index contributed by atoms with van der Waals surface area (Å²) in [4.78, 5) is 4.64. The van der Waals surface area contributed by atoms with E-state index in [9.17, 15) is 13.2 Å². The number of ether oxygens (including phenoxy) is 1. The first kappa shape index (κ1) is 16.5. The van der Waals surface area contributed by atoms with Gasteiger partial charge in [-0.3, -0.25) is 0 Å². The van der Waals surface area contributed by atoms with E-state index in [1.165, 1.54) is 24.0 Å². The minimum Gasteiger partial charge on any atom is -0.472 e. The Balaban J connectivity index is 2.28. The van der Waals surface area contributed by atoms with Crippen LogP contribution in [-0.2, 0) is 12.8 Å². The standard InChI is InChI=1S/C15H15F3N2OS/c1-19-12-6-3-7-13(22-2)10(12)9-21-14-11(15(16,17)18)5-4-8-20-14/h3-8,19H,9H2,1-2H3. The van der Waals surface area contributed by atoms with Crippen LogP contribution in [0.15, 0.2) is 41.4 Å². The maximum Gasteiger partial charge on any atom is 0.421 e. The topological polar surface area (TPSA) is 34.1 Å². The van der Waals surface area contributed by atoms with Gasteiger partial charge in [-0.2, -0.15) is 13.2 Å². The third-order valence-electron chi connectivity index (χ3n) is 3.05. The van der Waals surface area contributed by atoms with Crippen LogP contribution in [0.3, 0.4) is 0 Å². The molecule has 0 saturated carbocycles. The van der Waals surface area contributed by atoms with Crippen molar-refractivity contribution in [3.8, 4) is 5.88 Å². The molecule has 0 radical (unpaired) electrons. The first-order valence-electron chi connectivity index (χ1n) is 6.46. The minimum atomic E-state index is -4.49. The van der Waals surface area contributed by atoms with Gasteiger partial charge in [-0.25, -0.2) is 4.98 Å². The monoisotopic (exact) mass is 328 g/mol. The smallest absolute Gasteiger partial charge is 0.421 e. The molecule has 0 atom stereocenters. The van der Waals surface area contributed by atoms with Crippen LogP contribution in [0.1, 0.15) is 11.1 Å². The summed E-state index contributed by atoms with van der Waals surface area (Å²) in [5, 5.41) is 3.02. The number of aromatic nitrogens is 1. The normalized spacial score (nSPS) is 11.3. The highest BCUT2D eigenvalue weighted by Crippen LogP contribution is 2.35. The molecule has 7 heteroatoms. The molecule has 0 aliphatic heterocycles. The van der Waals surface area contributed by atoms with Crippen molar-refractivity contribution < 1.29 is 17.9 Å². The number of rotatable bonds is 5. The van der Waals surface area contributed by atoms with Crippen molar-refractivity contribution in [1.82, 2.24) is 4.98 Å². The van der Waals surface area contributed by atoms with E-state index in [1.807, 2.05) is 24.5 Å². The average molecular weight is 328 g/mol. The summed E-state index contributed by atoms with van der Waals surface area (Å²) in [6, 6.07) is 7.82. The third-order valence-corrected chi connectivity index (χ3v) is 3.87. The fraction of sp³-hybridized carbons (Fsp3) is 0.267. The summed E-state index contributed by atoms with van der Waals surface area (Å²) in [5.74, 6) is -0.409. The zero-order chi connectivity index (χ0) is 16.2. The van der Waals surface area contributed by atoms with Crippen molar-refractivity contribution in [3.05, 3.63) is 47.7 Å². The number of hydrogen-bond donors (Lipinski definition) is 1. The van der Waals surface area contributed by atoms with Gasteiger partial charge in [0.25, 0.3) is 0 Å². The summed E-state index contributed by atoms with van der Waals surface area (Å²) in [6.45, 7) is 0.00722. The maximum absolute atomic E-state index is 12.9. The lowest BCUT2D eigenvalue weighted by Gasteiger charge is -2.16. The number of thioether (sulfide) groups is 1. The van der Waals surface area contributed by atoms with E-state index in [-0.39, 0.29) is 6.61 Å². The van der Waals surface area contributed by atoms with Crippen molar-refractivity contribution in [2.24, 2.45) is 0 Å². The lowest BCUT2D eigenvalue weighted by Crippen LogP contribution is -2.10. The van der Waals surface area contributed by atoms with Crippen molar-refractivity contribution in [2.45, 2.75) is 17.7 Å². The van der Waals surface area contributed by atoms with Crippen molar-refractivity contribution >= 4 is 17.4 Å². The number of pyridine rings is 1. The molecule has 1 aromatic heterocycles. The zero-order valence-corrected chi connectivity index (χ0v) is 12.9. The maximum atomic E-state index is 12.9. The average Bonchev–Trinajstić information content (AvgIpc) is 2.51. The summed E-state index contributed by atoms with van der Waals surface area (Å²) in [6.07, 6.45) is -1.31. The molecule has 1 N–H and O–H groups in total. The van der Waals surface area contributed by atoms with Crippen LogP contribution in [0, 0.1) is 0 Å². The quantitative estimate of drug-likeness (QED) is 0.823. The Morgan fingerprint density at radius 1 is 1.23 bits per heavy atom. The predicted octanol–water partition coefficient (Wildman–Crippen LogP) is 4.44. The van der Waals surface area contributed by atoms with Gasteiger partial charge >= 0.3 is 6.18 Å². The van der Waals surface area contributed by atoms with Crippen LogP contribution in [0.2, 0.25) is 0 Å². The van der Waals surface area contributed by atoms with Crippen LogP contribution in [-0.4, -0.2) is 18.3 Å². The van der Waals surface area contributed by atoms with E-state index < -0.39 is 17.6 Å². The van der Waals surface area contributed by atoms with Crippen LogP contribution in [0.4, 0.5) is 18.9 Å². The summed E-state index contributed by atoms with van der Waals surface area (Å²) < 4.78 is 44.1. The molecule has 0 fully saturated rings. The van der Waals surface area contributed by atoms with Crippen LogP contribution < -0.4 is 10.1 Å². The van der Waals surface area contributed by atoms with Gasteiger partial charge in [0, 0.05) is 29.4 Å². The molecule has 3 nitrogen and oxygen atoms in total. The number of alkyl halides is 3. The highest BCUT2D eigenvalue weighted by Gasteiger charge is 2.35. The van der Waals surface area contributed by atoms with E-state index in [0.717, 1.165) is 22.2 Å². The Labute approximate surface area is 130 Å². The molecule has 2 rings (SSSR count). The van der Waals surface area contributed by atoms with Gasteiger partial charge in [0.05, 0.1) is 0 Å². The van der Waals surface area contributed by atoms with Gasteiger partial charge in [0.2, 0.25) is 5.88 Å². The molecular formula is C15H15F3N2OS. The summed E-state index contributed by atoms with van der Waals surface area (Å²) in [7, 11) is 1.75. The Morgan fingerprint density at radius 3 is 2.64 bits per heavy atom. The number of hydrogen-bond acceptors (Lipinski definition) is 4. The lowest BCUT2D eigenvalue weighted by atomic mass is 10.2. The van der Waals surface area contributed by atoms with Gasteiger partial charge in [0.15, 0.2) is 0 Å². The van der Waals surface area contributed by atoms with E-state index in [1.54, 1.807) is 7.05 Å². The van der Waals surface area contributed by atoms with Crippen molar-refractivity contribution in [2.75, 3.05) is 18.6 Å². The van der Waals surface area contributed by atoms with Gasteiger partial charge in [-0.1, -0.05) is 6.07 Å². The number of nitrogens with zero attached hydrogens (tertiary/aromatic N) is 1. The van der Waals surface area contributed by atoms with E-state index in [2.05, 4.69) is 10.3 Å². The second-order valence-corrected chi connectivity index (χ2v) is 5.23. The van der Waals surface area contributed by atoms with Crippen LogP contribution in [0.5, 0.6) is 5.88 Å². The summed E-state index contributed by atoms with van der Waals surface area (Å²) in [5.41, 5.74) is 0.746. The Morgan fingerprint density at radius 2 is 2.00 bits per heavy atom. The van der Waals surface area contributed by atoms with E-state index in [4.69, 9.17) is 4.74 Å². The Kier molecular flexibility index (Phi) is 5.18. The van der Waals surface area contributed by atoms with Crippen LogP contribution >= 0.6 is 11.8 Å². The highest BCUT2D eigenvalue weighted by atomic mass is 32.2. The molecule has 2 aromatic rings. The number of anilines is 1. The number of nitrogens with one attached hydrogen (secondary N) is 1. The fourth-order valence-corrected chi connectivity index (χ4v) is 2.63. The third kappa shape index (κ3) is 3.65. The van der Waals surface area contributed by atoms with E-state index in [0.29, 0.717) is 0 Å².